The molecule has 0 bridgehead atoms. The SMILES string of the molecule is CC(C)c1nc(Cl)cc(C(=N)C[C@@H](C)N(C)C(=O)OC(C)(C)C)n1. The number of halogens is 1. The fourth-order valence-corrected chi connectivity index (χ4v) is 2.09. The van der Waals surface area contributed by atoms with Crippen molar-refractivity contribution in [1.29, 1.82) is 5.41 Å². The van der Waals surface area contributed by atoms with E-state index in [1.807, 2.05) is 41.5 Å². The summed E-state index contributed by atoms with van der Waals surface area (Å²) in [6, 6.07) is 1.37. The number of rotatable bonds is 5. The van der Waals surface area contributed by atoms with Gasteiger partial charge in [0.2, 0.25) is 0 Å². The zero-order valence-electron chi connectivity index (χ0n) is 15.5. The summed E-state index contributed by atoms with van der Waals surface area (Å²) in [5.74, 6) is 0.729. The van der Waals surface area contributed by atoms with Gasteiger partial charge in [0, 0.05) is 31.5 Å². The highest BCUT2D eigenvalue weighted by Gasteiger charge is 2.24. The summed E-state index contributed by atoms with van der Waals surface area (Å²) >= 11 is 6.03. The van der Waals surface area contributed by atoms with E-state index in [9.17, 15) is 4.79 Å². The van der Waals surface area contributed by atoms with Crippen LogP contribution in [0.2, 0.25) is 5.15 Å². The molecular weight excluding hydrogens is 328 g/mol. The fraction of sp³-hybridized carbons (Fsp3) is 0.647. The summed E-state index contributed by atoms with van der Waals surface area (Å²) in [5, 5.41) is 8.60. The summed E-state index contributed by atoms with van der Waals surface area (Å²) in [6.45, 7) is 11.3. The van der Waals surface area contributed by atoms with Gasteiger partial charge in [-0.2, -0.15) is 0 Å². The van der Waals surface area contributed by atoms with E-state index in [0.717, 1.165) is 0 Å². The molecule has 1 aromatic heterocycles. The highest BCUT2D eigenvalue weighted by atomic mass is 35.5. The largest absolute Gasteiger partial charge is 0.444 e. The molecule has 0 saturated carbocycles. The van der Waals surface area contributed by atoms with Crippen LogP contribution in [0, 0.1) is 5.41 Å². The molecule has 1 atom stereocenters. The Morgan fingerprint density at radius 1 is 1.33 bits per heavy atom. The first kappa shape index (κ1) is 20.4. The van der Waals surface area contributed by atoms with Crippen molar-refractivity contribution in [3.63, 3.8) is 0 Å². The average molecular weight is 355 g/mol. The lowest BCUT2D eigenvalue weighted by Gasteiger charge is -2.28. The number of hydrogen-bond acceptors (Lipinski definition) is 5. The molecule has 0 unspecified atom stereocenters. The Bertz CT molecular complexity index is 611. The van der Waals surface area contributed by atoms with Crippen molar-refractivity contribution in [1.82, 2.24) is 14.9 Å². The van der Waals surface area contributed by atoms with Gasteiger partial charge in [0.15, 0.2) is 0 Å². The Kier molecular flexibility index (Phi) is 6.72. The molecule has 0 aromatic carbocycles. The number of nitrogens with zero attached hydrogens (tertiary/aromatic N) is 3. The molecule has 0 aliphatic carbocycles. The average Bonchev–Trinajstić information content (AvgIpc) is 2.43. The number of carbonyl (C=O) groups excluding carboxylic acids is 1. The lowest BCUT2D eigenvalue weighted by Crippen LogP contribution is -2.40. The molecule has 0 spiro atoms. The van der Waals surface area contributed by atoms with E-state index in [0.29, 0.717) is 28.8 Å². The minimum Gasteiger partial charge on any atom is -0.444 e. The molecule has 1 aromatic rings. The zero-order chi connectivity index (χ0) is 18.7. The van der Waals surface area contributed by atoms with Crippen LogP contribution in [0.3, 0.4) is 0 Å². The van der Waals surface area contributed by atoms with E-state index in [4.69, 9.17) is 21.7 Å². The fourth-order valence-electron chi connectivity index (χ4n) is 1.90. The normalized spacial score (nSPS) is 12.9. The highest BCUT2D eigenvalue weighted by Crippen LogP contribution is 2.17. The van der Waals surface area contributed by atoms with Gasteiger partial charge in [0.1, 0.15) is 16.6 Å². The Morgan fingerprint density at radius 2 is 1.92 bits per heavy atom. The van der Waals surface area contributed by atoms with Gasteiger partial charge in [0.05, 0.1) is 11.4 Å². The van der Waals surface area contributed by atoms with Crippen LogP contribution in [-0.2, 0) is 4.74 Å². The molecule has 1 amide bonds. The van der Waals surface area contributed by atoms with Crippen molar-refractivity contribution in [2.24, 2.45) is 0 Å². The molecule has 7 heteroatoms. The van der Waals surface area contributed by atoms with Crippen molar-refractivity contribution in [3.8, 4) is 0 Å². The number of aromatic nitrogens is 2. The number of hydrogen-bond donors (Lipinski definition) is 1. The molecule has 0 fully saturated rings. The molecular formula is C17H27ClN4O2. The number of nitrogens with one attached hydrogen (secondary N) is 1. The first-order chi connectivity index (χ1) is 10.9. The van der Waals surface area contributed by atoms with Crippen LogP contribution in [0.15, 0.2) is 6.07 Å². The third kappa shape index (κ3) is 6.07. The molecule has 24 heavy (non-hydrogen) atoms. The minimum absolute atomic E-state index is 0.122. The maximum atomic E-state index is 12.1. The van der Waals surface area contributed by atoms with E-state index < -0.39 is 11.7 Å². The van der Waals surface area contributed by atoms with Gasteiger partial charge in [-0.25, -0.2) is 14.8 Å². The first-order valence-corrected chi connectivity index (χ1v) is 8.36. The number of ether oxygens (including phenoxy) is 1. The third-order valence-corrected chi connectivity index (χ3v) is 3.57. The van der Waals surface area contributed by atoms with E-state index in [2.05, 4.69) is 9.97 Å². The summed E-state index contributed by atoms with van der Waals surface area (Å²) in [4.78, 5) is 22.2. The highest BCUT2D eigenvalue weighted by molar-refractivity contribution is 6.29. The van der Waals surface area contributed by atoms with Crippen molar-refractivity contribution in [2.45, 2.75) is 65.5 Å². The van der Waals surface area contributed by atoms with E-state index >= 15 is 0 Å². The topological polar surface area (TPSA) is 79.2 Å². The van der Waals surface area contributed by atoms with Crippen molar-refractivity contribution >= 4 is 23.4 Å². The smallest absolute Gasteiger partial charge is 0.410 e. The minimum atomic E-state index is -0.551. The predicted octanol–water partition coefficient (Wildman–Crippen LogP) is 4.27. The maximum Gasteiger partial charge on any atom is 0.410 e. The van der Waals surface area contributed by atoms with Gasteiger partial charge in [-0.3, -0.25) is 0 Å². The number of amides is 1. The molecule has 0 aliphatic heterocycles. The van der Waals surface area contributed by atoms with Crippen LogP contribution >= 0.6 is 11.6 Å². The predicted molar refractivity (Wildman–Crippen MR) is 96.0 cm³/mol. The molecule has 1 heterocycles. The second kappa shape index (κ2) is 7.92. The molecule has 0 radical (unpaired) electrons. The van der Waals surface area contributed by atoms with Crippen LogP contribution in [-0.4, -0.2) is 45.4 Å². The maximum absolute atomic E-state index is 12.1. The molecule has 0 saturated heterocycles. The lowest BCUT2D eigenvalue weighted by molar-refractivity contribution is 0.0241. The quantitative estimate of drug-likeness (QED) is 0.632. The van der Waals surface area contributed by atoms with Gasteiger partial charge in [-0.1, -0.05) is 25.4 Å². The van der Waals surface area contributed by atoms with Gasteiger partial charge < -0.3 is 15.0 Å². The summed E-state index contributed by atoms with van der Waals surface area (Å²) in [6.07, 6.45) is -0.0629. The standard InChI is InChI=1S/C17H27ClN4O2/c1-10(2)15-20-13(9-14(18)21-15)12(19)8-11(3)22(7)16(23)24-17(4,5)6/h9-11,19H,8H2,1-7H3/t11-/m1/s1. The van der Waals surface area contributed by atoms with Gasteiger partial charge in [-0.15, -0.1) is 0 Å². The third-order valence-electron chi connectivity index (χ3n) is 3.38. The van der Waals surface area contributed by atoms with Crippen molar-refractivity contribution in [3.05, 3.63) is 22.7 Å². The van der Waals surface area contributed by atoms with Crippen LogP contribution in [0.5, 0.6) is 0 Å². The van der Waals surface area contributed by atoms with E-state index in [1.165, 1.54) is 4.90 Å². The summed E-state index contributed by atoms with van der Waals surface area (Å²) < 4.78 is 5.35. The van der Waals surface area contributed by atoms with Crippen molar-refractivity contribution < 1.29 is 9.53 Å². The molecule has 1 N–H and O–H groups in total. The monoisotopic (exact) mass is 354 g/mol. The van der Waals surface area contributed by atoms with Gasteiger partial charge >= 0.3 is 6.09 Å². The zero-order valence-corrected chi connectivity index (χ0v) is 16.2. The summed E-state index contributed by atoms with van der Waals surface area (Å²) in [5.41, 5.74) is 0.248. The Morgan fingerprint density at radius 3 is 2.42 bits per heavy atom. The Labute approximate surface area is 149 Å². The van der Waals surface area contributed by atoms with Crippen LogP contribution in [0.4, 0.5) is 4.79 Å². The second-order valence-corrected chi connectivity index (χ2v) is 7.60. The van der Waals surface area contributed by atoms with Crippen molar-refractivity contribution in [2.75, 3.05) is 7.05 Å². The van der Waals surface area contributed by atoms with Gasteiger partial charge in [-0.05, 0) is 27.7 Å². The number of carbonyl (C=O) groups is 1. The molecule has 134 valence electrons. The molecule has 1 rings (SSSR count). The molecule has 0 aliphatic rings. The second-order valence-electron chi connectivity index (χ2n) is 7.21. The first-order valence-electron chi connectivity index (χ1n) is 7.98. The molecule has 6 nitrogen and oxygen atoms in total. The van der Waals surface area contributed by atoms with Crippen LogP contribution < -0.4 is 0 Å². The van der Waals surface area contributed by atoms with E-state index in [-0.39, 0.29) is 12.0 Å². The Hall–Kier alpha value is -1.69. The van der Waals surface area contributed by atoms with Gasteiger partial charge in [0.25, 0.3) is 0 Å². The Balaban J connectivity index is 2.82. The summed E-state index contributed by atoms with van der Waals surface area (Å²) in [7, 11) is 1.67. The lowest BCUT2D eigenvalue weighted by atomic mass is 10.1. The van der Waals surface area contributed by atoms with Crippen LogP contribution in [0.1, 0.15) is 65.4 Å². The van der Waals surface area contributed by atoms with E-state index in [1.54, 1.807) is 13.1 Å². The van der Waals surface area contributed by atoms with Crippen LogP contribution in [0.25, 0.3) is 0 Å².